The molecule has 2 aromatic carbocycles. The number of carbonyl (C=O) groups is 1. The van der Waals surface area contributed by atoms with Gasteiger partial charge in [0.1, 0.15) is 0 Å². The fourth-order valence-electron chi connectivity index (χ4n) is 6.75. The lowest BCUT2D eigenvalue weighted by Gasteiger charge is -2.54. The lowest BCUT2D eigenvalue weighted by Crippen LogP contribution is -2.68. The molecule has 192 valence electrons. The Bertz CT molecular complexity index is 1120. The van der Waals surface area contributed by atoms with Crippen LogP contribution in [0.15, 0.2) is 41.4 Å². The Balaban J connectivity index is 1.66. The number of rotatable bonds is 3. The summed E-state index contributed by atoms with van der Waals surface area (Å²) < 4.78 is 0. The van der Waals surface area contributed by atoms with Crippen molar-refractivity contribution in [1.82, 2.24) is 9.80 Å². The number of nitrogens with zero attached hydrogens (tertiary/aromatic N) is 4. The Morgan fingerprint density at radius 1 is 0.917 bits per heavy atom. The van der Waals surface area contributed by atoms with Crippen molar-refractivity contribution in [3.05, 3.63) is 58.1 Å². The molecule has 6 heteroatoms. The number of carbonyl (C=O) groups excluding carboxylic acids is 1. The monoisotopic (exact) mass is 506 g/mol. The van der Waals surface area contributed by atoms with Gasteiger partial charge in [-0.15, -0.1) is 0 Å². The van der Waals surface area contributed by atoms with Crippen LogP contribution in [0.3, 0.4) is 0 Å². The standard InChI is InChI=1S/C30H39ClN4O/c1-21-18-22(2)27(23(3)19-21)32-26-20-35(25-10-8-24(31)9-11-25)29(36)30(12-6-5-7-13-30)28(26)34-16-14-33(4)15-17-34/h8-11,18-19,28H,5-7,12-17,20H2,1-4H3. The first-order chi connectivity index (χ1) is 17.3. The number of halogens is 1. The number of hydrogen-bond acceptors (Lipinski definition) is 4. The van der Waals surface area contributed by atoms with E-state index in [0.717, 1.165) is 68.9 Å². The molecule has 0 radical (unpaired) electrons. The molecule has 1 atom stereocenters. The molecule has 1 saturated carbocycles. The molecule has 5 nitrogen and oxygen atoms in total. The Kier molecular flexibility index (Phi) is 7.26. The van der Waals surface area contributed by atoms with Gasteiger partial charge < -0.3 is 9.80 Å². The minimum absolute atomic E-state index is 0.0441. The molecule has 5 rings (SSSR count). The minimum Gasteiger partial charge on any atom is -0.306 e. The molecule has 36 heavy (non-hydrogen) atoms. The molecule has 3 aliphatic rings. The molecule has 1 amide bonds. The van der Waals surface area contributed by atoms with E-state index in [0.29, 0.717) is 11.6 Å². The van der Waals surface area contributed by atoms with Crippen LogP contribution in [0.25, 0.3) is 0 Å². The molecule has 2 aromatic rings. The lowest BCUT2D eigenvalue weighted by molar-refractivity contribution is -0.134. The Morgan fingerprint density at radius 2 is 1.53 bits per heavy atom. The maximum Gasteiger partial charge on any atom is 0.235 e. The zero-order valence-corrected chi connectivity index (χ0v) is 22.9. The first kappa shape index (κ1) is 25.4. The highest BCUT2D eigenvalue weighted by Gasteiger charge is 2.56. The van der Waals surface area contributed by atoms with Crippen molar-refractivity contribution >= 4 is 34.6 Å². The van der Waals surface area contributed by atoms with Gasteiger partial charge in [-0.1, -0.05) is 48.6 Å². The number of aryl methyl sites for hydroxylation is 3. The molecule has 0 aromatic heterocycles. The van der Waals surface area contributed by atoms with Gasteiger partial charge in [-0.25, -0.2) is 0 Å². The van der Waals surface area contributed by atoms with Crippen LogP contribution in [0.1, 0.15) is 48.8 Å². The van der Waals surface area contributed by atoms with E-state index in [2.05, 4.69) is 49.8 Å². The van der Waals surface area contributed by atoms with Crippen molar-refractivity contribution in [1.29, 1.82) is 0 Å². The summed E-state index contributed by atoms with van der Waals surface area (Å²) in [6.07, 6.45) is 5.25. The van der Waals surface area contributed by atoms with Gasteiger partial charge in [-0.3, -0.25) is 14.7 Å². The van der Waals surface area contributed by atoms with Gasteiger partial charge in [-0.2, -0.15) is 0 Å². The molecular formula is C30H39ClN4O. The highest BCUT2D eigenvalue weighted by molar-refractivity contribution is 6.30. The molecule has 2 heterocycles. The number of anilines is 1. The van der Waals surface area contributed by atoms with Gasteiger partial charge in [0.25, 0.3) is 0 Å². The van der Waals surface area contributed by atoms with Crippen molar-refractivity contribution in [3.63, 3.8) is 0 Å². The van der Waals surface area contributed by atoms with Crippen LogP contribution in [-0.2, 0) is 4.79 Å². The number of aliphatic imine (C=N–C) groups is 1. The van der Waals surface area contributed by atoms with E-state index >= 15 is 0 Å². The number of hydrogen-bond donors (Lipinski definition) is 0. The van der Waals surface area contributed by atoms with Crippen LogP contribution >= 0.6 is 11.6 Å². The molecule has 2 aliphatic heterocycles. The third-order valence-corrected chi connectivity index (χ3v) is 8.76. The average molecular weight is 507 g/mol. The van der Waals surface area contributed by atoms with E-state index < -0.39 is 5.41 Å². The lowest BCUT2D eigenvalue weighted by atomic mass is 9.64. The molecule has 3 fully saturated rings. The first-order valence-corrected chi connectivity index (χ1v) is 13.8. The van der Waals surface area contributed by atoms with E-state index in [-0.39, 0.29) is 11.9 Å². The number of benzene rings is 2. The van der Waals surface area contributed by atoms with Crippen molar-refractivity contribution < 1.29 is 4.79 Å². The van der Waals surface area contributed by atoms with Crippen LogP contribution in [0.2, 0.25) is 5.02 Å². The summed E-state index contributed by atoms with van der Waals surface area (Å²) in [4.78, 5) is 26.9. The van der Waals surface area contributed by atoms with E-state index in [9.17, 15) is 4.79 Å². The predicted octanol–water partition coefficient (Wildman–Crippen LogP) is 5.95. The highest BCUT2D eigenvalue weighted by Crippen LogP contribution is 2.47. The van der Waals surface area contributed by atoms with Crippen LogP contribution in [0.4, 0.5) is 11.4 Å². The molecule has 2 saturated heterocycles. The summed E-state index contributed by atoms with van der Waals surface area (Å²) in [6.45, 7) is 11.0. The van der Waals surface area contributed by atoms with E-state index in [1.165, 1.54) is 23.1 Å². The highest BCUT2D eigenvalue weighted by atomic mass is 35.5. The number of piperidine rings is 1. The summed E-state index contributed by atoms with van der Waals surface area (Å²) in [5.41, 5.74) is 6.33. The second kappa shape index (κ2) is 10.3. The minimum atomic E-state index is -0.433. The van der Waals surface area contributed by atoms with Gasteiger partial charge in [0, 0.05) is 36.9 Å². The van der Waals surface area contributed by atoms with Gasteiger partial charge in [0.05, 0.1) is 29.4 Å². The smallest absolute Gasteiger partial charge is 0.235 e. The fraction of sp³-hybridized carbons (Fsp3) is 0.533. The van der Waals surface area contributed by atoms with E-state index in [1.54, 1.807) is 0 Å². The Morgan fingerprint density at radius 3 is 2.14 bits per heavy atom. The van der Waals surface area contributed by atoms with Crippen molar-refractivity contribution in [2.45, 2.75) is 58.9 Å². The van der Waals surface area contributed by atoms with Crippen molar-refractivity contribution in [2.75, 3.05) is 44.7 Å². The first-order valence-electron chi connectivity index (χ1n) is 13.4. The predicted molar refractivity (Wildman–Crippen MR) is 150 cm³/mol. The topological polar surface area (TPSA) is 39.2 Å². The van der Waals surface area contributed by atoms with Gasteiger partial charge in [0.15, 0.2) is 0 Å². The fourth-order valence-corrected chi connectivity index (χ4v) is 6.88. The summed E-state index contributed by atoms with van der Waals surface area (Å²) in [7, 11) is 2.19. The summed E-state index contributed by atoms with van der Waals surface area (Å²) in [5.74, 6) is 0.268. The van der Waals surface area contributed by atoms with Crippen LogP contribution in [-0.4, -0.2) is 67.2 Å². The molecule has 1 spiro atoms. The largest absolute Gasteiger partial charge is 0.306 e. The van der Waals surface area contributed by atoms with Gasteiger partial charge in [-0.05, 0) is 76.1 Å². The summed E-state index contributed by atoms with van der Waals surface area (Å²) in [5, 5.41) is 0.686. The van der Waals surface area contributed by atoms with Crippen molar-refractivity contribution in [2.24, 2.45) is 10.4 Å². The van der Waals surface area contributed by atoms with Crippen LogP contribution in [0, 0.1) is 26.2 Å². The Labute approximate surface area is 221 Å². The second-order valence-corrected chi connectivity index (χ2v) is 11.6. The third kappa shape index (κ3) is 4.73. The molecule has 0 bridgehead atoms. The summed E-state index contributed by atoms with van der Waals surface area (Å²) >= 11 is 6.21. The van der Waals surface area contributed by atoms with Crippen molar-refractivity contribution in [3.8, 4) is 0 Å². The second-order valence-electron chi connectivity index (χ2n) is 11.2. The molecule has 1 aliphatic carbocycles. The number of amides is 1. The maximum atomic E-state index is 14.5. The zero-order chi connectivity index (χ0) is 25.4. The van der Waals surface area contributed by atoms with Gasteiger partial charge in [0.2, 0.25) is 5.91 Å². The van der Waals surface area contributed by atoms with E-state index in [4.69, 9.17) is 16.6 Å². The number of likely N-dealkylation sites (N-methyl/N-ethyl adjacent to an activating group) is 1. The van der Waals surface area contributed by atoms with Crippen LogP contribution in [0.5, 0.6) is 0 Å². The third-order valence-electron chi connectivity index (χ3n) is 8.51. The number of piperazine rings is 1. The average Bonchev–Trinajstić information content (AvgIpc) is 2.86. The summed E-state index contributed by atoms with van der Waals surface area (Å²) in [6, 6.07) is 12.2. The normalized spacial score (nSPS) is 24.6. The molecular weight excluding hydrogens is 468 g/mol. The molecule has 0 N–H and O–H groups in total. The van der Waals surface area contributed by atoms with E-state index in [1.807, 2.05) is 29.2 Å². The van der Waals surface area contributed by atoms with Crippen LogP contribution < -0.4 is 4.90 Å². The zero-order valence-electron chi connectivity index (χ0n) is 22.2. The Hall–Kier alpha value is -2.21. The quantitative estimate of drug-likeness (QED) is 0.516. The van der Waals surface area contributed by atoms with Gasteiger partial charge >= 0.3 is 0 Å². The SMILES string of the molecule is Cc1cc(C)c(N=C2CN(c3ccc(Cl)cc3)C(=O)C3(CCCCC3)C2N2CCN(C)CC2)c(C)c1. The molecule has 1 unspecified atom stereocenters. The maximum absolute atomic E-state index is 14.5.